The van der Waals surface area contributed by atoms with E-state index >= 15 is 0 Å². The van der Waals surface area contributed by atoms with Gasteiger partial charge in [-0.15, -0.1) is 0 Å². The van der Waals surface area contributed by atoms with Crippen LogP contribution in [0.15, 0.2) is 30.5 Å². The molecular weight excluding hydrogens is 386 g/mol. The number of H-pyrrole nitrogens is 1. The second kappa shape index (κ2) is 10.6. The highest BCUT2D eigenvalue weighted by Crippen LogP contribution is 2.21. The van der Waals surface area contributed by atoms with Gasteiger partial charge in [0.2, 0.25) is 10.0 Å². The Morgan fingerprint density at radius 2 is 1.86 bits per heavy atom. The highest BCUT2D eigenvalue weighted by atomic mass is 32.2. The minimum Gasteiger partial charge on any atom is -0.473 e. The zero-order valence-electron chi connectivity index (χ0n) is 16.0. The molecule has 0 aliphatic rings. The number of likely N-dealkylation sites (N-methyl/N-ethyl adjacent to an activating group) is 1. The molecule has 0 fully saturated rings. The first-order chi connectivity index (χ1) is 13.1. The van der Waals surface area contributed by atoms with Gasteiger partial charge in [0.1, 0.15) is 0 Å². The summed E-state index contributed by atoms with van der Waals surface area (Å²) in [7, 11) is 2.35. The van der Waals surface area contributed by atoms with Crippen molar-refractivity contribution in [2.24, 2.45) is 0 Å². The summed E-state index contributed by atoms with van der Waals surface area (Å²) in [6.07, 6.45) is 6.54. The van der Waals surface area contributed by atoms with Crippen LogP contribution in [0.4, 0.5) is 0 Å². The summed E-state index contributed by atoms with van der Waals surface area (Å²) < 4.78 is 25.1. The van der Waals surface area contributed by atoms with Crippen LogP contribution in [0.1, 0.15) is 11.1 Å². The standard InChI is InChI=1S/C16H23N3O2S.C2H2O4/c1-17-22(20,21)10-4-5-13-6-7-16-15(11-13)14(12-18-16)8-9-19(2)3;3-1(4)2(5)6/h4-7,11-12,17-18H,8-10H2,1-3H3;(H,3,4)(H,5,6)/b5-4+;. The number of hydrogen-bond acceptors (Lipinski definition) is 5. The first-order valence-corrected chi connectivity index (χ1v) is 9.99. The number of carbonyl (C=O) groups is 2. The molecule has 0 spiro atoms. The molecule has 1 aromatic carbocycles. The van der Waals surface area contributed by atoms with Gasteiger partial charge in [0.25, 0.3) is 0 Å². The number of sulfonamides is 1. The minimum atomic E-state index is -3.20. The molecule has 2 aromatic rings. The number of aromatic amines is 1. The van der Waals surface area contributed by atoms with Gasteiger partial charge < -0.3 is 20.1 Å². The normalized spacial score (nSPS) is 11.6. The van der Waals surface area contributed by atoms with Crippen molar-refractivity contribution in [3.63, 3.8) is 0 Å². The van der Waals surface area contributed by atoms with E-state index in [0.717, 1.165) is 24.0 Å². The summed E-state index contributed by atoms with van der Waals surface area (Å²) >= 11 is 0. The Hall–Kier alpha value is -2.69. The lowest BCUT2D eigenvalue weighted by Crippen LogP contribution is -2.20. The van der Waals surface area contributed by atoms with E-state index in [0.29, 0.717) is 0 Å². The molecule has 154 valence electrons. The molecule has 0 saturated carbocycles. The predicted octanol–water partition coefficient (Wildman–Crippen LogP) is 0.990. The minimum absolute atomic E-state index is 0.0117. The van der Waals surface area contributed by atoms with Crippen molar-refractivity contribution >= 4 is 38.9 Å². The molecule has 1 heterocycles. The average Bonchev–Trinajstić information content (AvgIpc) is 3.02. The Morgan fingerprint density at radius 3 is 2.39 bits per heavy atom. The summed E-state index contributed by atoms with van der Waals surface area (Å²) in [5.74, 6) is -3.66. The Bertz CT molecular complexity index is 935. The molecule has 1 aromatic heterocycles. The number of aromatic nitrogens is 1. The first-order valence-electron chi connectivity index (χ1n) is 8.34. The van der Waals surface area contributed by atoms with Crippen LogP contribution in [0.2, 0.25) is 0 Å². The maximum absolute atomic E-state index is 11.4. The van der Waals surface area contributed by atoms with E-state index < -0.39 is 22.0 Å². The van der Waals surface area contributed by atoms with Crippen LogP contribution < -0.4 is 4.72 Å². The van der Waals surface area contributed by atoms with Gasteiger partial charge in [-0.2, -0.15) is 0 Å². The van der Waals surface area contributed by atoms with E-state index in [9.17, 15) is 8.42 Å². The van der Waals surface area contributed by atoms with Crippen LogP contribution in [0.5, 0.6) is 0 Å². The van der Waals surface area contributed by atoms with Gasteiger partial charge in [-0.1, -0.05) is 18.2 Å². The highest BCUT2D eigenvalue weighted by Gasteiger charge is 2.06. The van der Waals surface area contributed by atoms with E-state index in [2.05, 4.69) is 34.8 Å². The lowest BCUT2D eigenvalue weighted by atomic mass is 10.1. The molecule has 0 saturated heterocycles. The number of rotatable bonds is 7. The van der Waals surface area contributed by atoms with Crippen molar-refractivity contribution < 1.29 is 28.2 Å². The summed E-state index contributed by atoms with van der Waals surface area (Å²) in [6, 6.07) is 6.11. The van der Waals surface area contributed by atoms with Gasteiger partial charge in [-0.3, -0.25) is 0 Å². The van der Waals surface area contributed by atoms with Crippen molar-refractivity contribution in [1.82, 2.24) is 14.6 Å². The van der Waals surface area contributed by atoms with Crippen LogP contribution in [0, 0.1) is 0 Å². The van der Waals surface area contributed by atoms with Gasteiger partial charge in [0.15, 0.2) is 0 Å². The maximum atomic E-state index is 11.4. The molecule has 0 bridgehead atoms. The van der Waals surface area contributed by atoms with Gasteiger partial charge >= 0.3 is 11.9 Å². The summed E-state index contributed by atoms with van der Waals surface area (Å²) in [5.41, 5.74) is 3.39. The van der Waals surface area contributed by atoms with Crippen LogP contribution in [0.25, 0.3) is 17.0 Å². The van der Waals surface area contributed by atoms with Crippen molar-refractivity contribution in [1.29, 1.82) is 0 Å². The van der Waals surface area contributed by atoms with Crippen LogP contribution >= 0.6 is 0 Å². The Morgan fingerprint density at radius 1 is 1.21 bits per heavy atom. The van der Waals surface area contributed by atoms with Crippen molar-refractivity contribution in [2.45, 2.75) is 6.42 Å². The zero-order valence-corrected chi connectivity index (χ0v) is 16.8. The van der Waals surface area contributed by atoms with Crippen LogP contribution in [0.3, 0.4) is 0 Å². The maximum Gasteiger partial charge on any atom is 0.414 e. The summed E-state index contributed by atoms with van der Waals surface area (Å²) in [5, 5.41) is 16.0. The number of nitrogens with zero attached hydrogens (tertiary/aromatic N) is 1. The second-order valence-electron chi connectivity index (χ2n) is 6.17. The molecule has 0 atom stereocenters. The number of benzene rings is 1. The van der Waals surface area contributed by atoms with E-state index in [1.54, 1.807) is 6.08 Å². The van der Waals surface area contributed by atoms with E-state index in [-0.39, 0.29) is 5.75 Å². The largest absolute Gasteiger partial charge is 0.473 e. The molecule has 2 rings (SSSR count). The molecule has 0 aliphatic carbocycles. The Labute approximate surface area is 163 Å². The molecule has 0 amide bonds. The van der Waals surface area contributed by atoms with Crippen LogP contribution in [-0.4, -0.2) is 73.9 Å². The molecule has 4 N–H and O–H groups in total. The number of carboxylic acids is 2. The quantitative estimate of drug-likeness (QED) is 0.498. The van der Waals surface area contributed by atoms with Gasteiger partial charge in [0, 0.05) is 23.6 Å². The Kier molecular flexibility index (Phi) is 8.83. The fraction of sp³-hybridized carbons (Fsp3) is 0.333. The molecule has 0 unspecified atom stereocenters. The number of fused-ring (bicyclic) bond motifs is 1. The number of nitrogens with one attached hydrogen (secondary N) is 2. The third-order valence-electron chi connectivity index (χ3n) is 3.74. The molecule has 28 heavy (non-hydrogen) atoms. The third kappa shape index (κ3) is 7.91. The average molecular weight is 411 g/mol. The topological polar surface area (TPSA) is 140 Å². The smallest absolute Gasteiger partial charge is 0.414 e. The van der Waals surface area contributed by atoms with Gasteiger partial charge in [0.05, 0.1) is 5.75 Å². The van der Waals surface area contributed by atoms with E-state index in [1.165, 1.54) is 18.0 Å². The number of hydrogen-bond donors (Lipinski definition) is 4. The monoisotopic (exact) mass is 411 g/mol. The van der Waals surface area contributed by atoms with Crippen molar-refractivity contribution in [2.75, 3.05) is 33.4 Å². The van der Waals surface area contributed by atoms with E-state index in [4.69, 9.17) is 19.8 Å². The molecule has 9 nitrogen and oxygen atoms in total. The SMILES string of the molecule is CNS(=O)(=O)C/C=C/c1ccc2[nH]cc(CCN(C)C)c2c1.O=C(O)C(=O)O. The van der Waals surface area contributed by atoms with Crippen LogP contribution in [-0.2, 0) is 26.0 Å². The molecule has 0 radical (unpaired) electrons. The predicted molar refractivity (Wildman–Crippen MR) is 108 cm³/mol. The highest BCUT2D eigenvalue weighted by molar-refractivity contribution is 7.89. The molecular formula is C18H25N3O6S. The molecule has 0 aliphatic heterocycles. The first kappa shape index (κ1) is 23.3. The van der Waals surface area contributed by atoms with Gasteiger partial charge in [-0.25, -0.2) is 22.7 Å². The summed E-state index contributed by atoms with van der Waals surface area (Å²) in [6.45, 7) is 0.993. The lowest BCUT2D eigenvalue weighted by Gasteiger charge is -2.08. The molecule has 10 heteroatoms. The lowest BCUT2D eigenvalue weighted by molar-refractivity contribution is -0.159. The number of aliphatic carboxylic acids is 2. The summed E-state index contributed by atoms with van der Waals surface area (Å²) in [4.78, 5) is 23.6. The fourth-order valence-electron chi connectivity index (χ4n) is 2.24. The van der Waals surface area contributed by atoms with Crippen molar-refractivity contribution in [3.8, 4) is 0 Å². The fourth-order valence-corrected chi connectivity index (χ4v) is 2.76. The Balaban J connectivity index is 0.000000568. The van der Waals surface area contributed by atoms with Crippen molar-refractivity contribution in [3.05, 3.63) is 41.6 Å². The number of carboxylic acid groups (broad SMARTS) is 2. The third-order valence-corrected chi connectivity index (χ3v) is 4.99. The second-order valence-corrected chi connectivity index (χ2v) is 8.14. The zero-order chi connectivity index (χ0) is 21.3. The van der Waals surface area contributed by atoms with Gasteiger partial charge in [-0.05, 0) is 50.8 Å². The van der Waals surface area contributed by atoms with E-state index in [1.807, 2.05) is 24.4 Å².